The Morgan fingerprint density at radius 2 is 2.22 bits per heavy atom. The van der Waals surface area contributed by atoms with Gasteiger partial charge in [-0.2, -0.15) is 0 Å². The summed E-state index contributed by atoms with van der Waals surface area (Å²) >= 11 is 0. The Morgan fingerprint density at radius 1 is 1.44 bits per heavy atom. The van der Waals surface area contributed by atoms with E-state index in [4.69, 9.17) is 5.73 Å². The van der Waals surface area contributed by atoms with Gasteiger partial charge in [0.25, 0.3) is 0 Å². The van der Waals surface area contributed by atoms with E-state index in [0.717, 1.165) is 38.8 Å². The maximum Gasteiger partial charge on any atom is 0.225 e. The van der Waals surface area contributed by atoms with Gasteiger partial charge in [0.1, 0.15) is 0 Å². The minimum atomic E-state index is -0.300. The van der Waals surface area contributed by atoms with Crippen LogP contribution in [0.15, 0.2) is 0 Å². The Hall–Kier alpha value is -0.610. The average molecular weight is 254 g/mol. The third kappa shape index (κ3) is 3.04. The highest BCUT2D eigenvalue weighted by atomic mass is 16.3. The largest absolute Gasteiger partial charge is 0.393 e. The number of rotatable bonds is 3. The first-order valence-corrected chi connectivity index (χ1v) is 7.28. The first-order chi connectivity index (χ1) is 8.61. The summed E-state index contributed by atoms with van der Waals surface area (Å²) in [5, 5.41) is 9.59. The molecule has 2 aliphatic rings. The van der Waals surface area contributed by atoms with E-state index in [9.17, 15) is 9.90 Å². The molecule has 0 radical (unpaired) electrons. The van der Waals surface area contributed by atoms with Crippen LogP contribution in [0.1, 0.15) is 39.0 Å². The van der Waals surface area contributed by atoms with Gasteiger partial charge in [-0.05, 0) is 45.1 Å². The van der Waals surface area contributed by atoms with Crippen LogP contribution in [0.2, 0.25) is 0 Å². The van der Waals surface area contributed by atoms with E-state index < -0.39 is 0 Å². The number of hydrogen-bond donors (Lipinski definition) is 2. The standard InChI is InChI=1S/C14H26N2O2/c1-10(17)13-5-6-16(9-13)14(18)12-4-2-3-11(7-12)8-15/h10-13,17H,2-9,15H2,1H3. The second-order valence-corrected chi connectivity index (χ2v) is 6.04. The molecule has 0 spiro atoms. The molecule has 0 aromatic heterocycles. The Kier molecular flexibility index (Phi) is 4.62. The van der Waals surface area contributed by atoms with E-state index in [0.29, 0.717) is 18.4 Å². The Labute approximate surface area is 110 Å². The third-order valence-corrected chi connectivity index (χ3v) is 4.68. The van der Waals surface area contributed by atoms with Gasteiger partial charge >= 0.3 is 0 Å². The van der Waals surface area contributed by atoms with Crippen molar-refractivity contribution in [2.75, 3.05) is 19.6 Å². The molecule has 1 amide bonds. The molecule has 3 N–H and O–H groups in total. The van der Waals surface area contributed by atoms with Gasteiger partial charge in [-0.1, -0.05) is 6.42 Å². The summed E-state index contributed by atoms with van der Waals surface area (Å²) in [7, 11) is 0. The second kappa shape index (κ2) is 6.02. The van der Waals surface area contributed by atoms with Gasteiger partial charge in [0.05, 0.1) is 6.10 Å². The maximum absolute atomic E-state index is 12.4. The molecule has 0 aromatic rings. The fourth-order valence-electron chi connectivity index (χ4n) is 3.37. The lowest BCUT2D eigenvalue weighted by Crippen LogP contribution is -2.38. The van der Waals surface area contributed by atoms with Crippen molar-refractivity contribution in [3.05, 3.63) is 0 Å². The summed E-state index contributed by atoms with van der Waals surface area (Å²) in [6, 6.07) is 0. The lowest BCUT2D eigenvalue weighted by Gasteiger charge is -2.30. The molecular weight excluding hydrogens is 228 g/mol. The Bertz CT molecular complexity index is 294. The molecule has 1 heterocycles. The SMILES string of the molecule is CC(O)C1CCN(C(=O)C2CCCC(CN)C2)C1. The lowest BCUT2D eigenvalue weighted by molar-refractivity contribution is -0.136. The van der Waals surface area contributed by atoms with Gasteiger partial charge in [0.15, 0.2) is 0 Å². The number of aliphatic hydroxyl groups excluding tert-OH is 1. The predicted octanol–water partition coefficient (Wildman–Crippen LogP) is 0.981. The van der Waals surface area contributed by atoms with E-state index >= 15 is 0 Å². The van der Waals surface area contributed by atoms with E-state index in [-0.39, 0.29) is 17.9 Å². The van der Waals surface area contributed by atoms with E-state index in [1.165, 1.54) is 6.42 Å². The van der Waals surface area contributed by atoms with Crippen LogP contribution in [0.5, 0.6) is 0 Å². The van der Waals surface area contributed by atoms with Gasteiger partial charge in [0, 0.05) is 24.9 Å². The second-order valence-electron chi connectivity index (χ2n) is 6.04. The van der Waals surface area contributed by atoms with Crippen LogP contribution in [0.25, 0.3) is 0 Å². The highest BCUT2D eigenvalue weighted by molar-refractivity contribution is 5.79. The first-order valence-electron chi connectivity index (χ1n) is 7.28. The number of amides is 1. The summed E-state index contributed by atoms with van der Waals surface area (Å²) in [6.07, 6.45) is 4.93. The summed E-state index contributed by atoms with van der Waals surface area (Å²) in [5.41, 5.74) is 5.72. The highest BCUT2D eigenvalue weighted by Crippen LogP contribution is 2.31. The molecule has 0 aromatic carbocycles. The van der Waals surface area contributed by atoms with Crippen molar-refractivity contribution in [3.63, 3.8) is 0 Å². The van der Waals surface area contributed by atoms with Gasteiger partial charge in [0.2, 0.25) is 5.91 Å². The normalized spacial score (nSPS) is 34.6. The van der Waals surface area contributed by atoms with Crippen molar-refractivity contribution < 1.29 is 9.90 Å². The van der Waals surface area contributed by atoms with E-state index in [1.807, 2.05) is 11.8 Å². The number of nitrogens with zero attached hydrogens (tertiary/aromatic N) is 1. The molecule has 1 aliphatic heterocycles. The van der Waals surface area contributed by atoms with Crippen LogP contribution in [0, 0.1) is 17.8 Å². The summed E-state index contributed by atoms with van der Waals surface area (Å²) in [4.78, 5) is 14.4. The highest BCUT2D eigenvalue weighted by Gasteiger charge is 2.34. The maximum atomic E-state index is 12.4. The van der Waals surface area contributed by atoms with Crippen LogP contribution in [0.4, 0.5) is 0 Å². The fraction of sp³-hybridized carbons (Fsp3) is 0.929. The Morgan fingerprint density at radius 3 is 2.83 bits per heavy atom. The van der Waals surface area contributed by atoms with Crippen LogP contribution < -0.4 is 5.73 Å². The molecule has 104 valence electrons. The Balaban J connectivity index is 1.88. The molecule has 4 atom stereocenters. The molecule has 1 aliphatic carbocycles. The van der Waals surface area contributed by atoms with E-state index in [2.05, 4.69) is 0 Å². The van der Waals surface area contributed by atoms with Crippen molar-refractivity contribution in [2.45, 2.75) is 45.1 Å². The zero-order valence-electron chi connectivity index (χ0n) is 11.3. The molecule has 18 heavy (non-hydrogen) atoms. The monoisotopic (exact) mass is 254 g/mol. The van der Waals surface area contributed by atoms with Crippen molar-refractivity contribution in [1.29, 1.82) is 0 Å². The molecule has 2 fully saturated rings. The minimum absolute atomic E-state index is 0.181. The number of carbonyl (C=O) groups is 1. The summed E-state index contributed by atoms with van der Waals surface area (Å²) < 4.78 is 0. The molecule has 4 unspecified atom stereocenters. The predicted molar refractivity (Wildman–Crippen MR) is 70.9 cm³/mol. The van der Waals surface area contributed by atoms with Crippen molar-refractivity contribution in [3.8, 4) is 0 Å². The van der Waals surface area contributed by atoms with Gasteiger partial charge in [-0.25, -0.2) is 0 Å². The quantitative estimate of drug-likeness (QED) is 0.789. The zero-order chi connectivity index (χ0) is 13.1. The number of aliphatic hydroxyl groups is 1. The van der Waals surface area contributed by atoms with Gasteiger partial charge in [-0.3, -0.25) is 4.79 Å². The molecule has 4 heteroatoms. The molecule has 1 saturated heterocycles. The van der Waals surface area contributed by atoms with Gasteiger partial charge in [-0.15, -0.1) is 0 Å². The molecular formula is C14H26N2O2. The van der Waals surface area contributed by atoms with Crippen molar-refractivity contribution >= 4 is 5.91 Å². The third-order valence-electron chi connectivity index (χ3n) is 4.68. The van der Waals surface area contributed by atoms with Gasteiger partial charge < -0.3 is 15.7 Å². The summed E-state index contributed by atoms with van der Waals surface area (Å²) in [5.74, 6) is 1.28. The number of carbonyl (C=O) groups excluding carboxylic acids is 1. The molecule has 0 bridgehead atoms. The van der Waals surface area contributed by atoms with Crippen LogP contribution in [0.3, 0.4) is 0 Å². The molecule has 2 rings (SSSR count). The van der Waals surface area contributed by atoms with E-state index in [1.54, 1.807) is 0 Å². The summed E-state index contributed by atoms with van der Waals surface area (Å²) in [6.45, 7) is 4.09. The average Bonchev–Trinajstić information content (AvgIpc) is 2.87. The van der Waals surface area contributed by atoms with Crippen molar-refractivity contribution in [1.82, 2.24) is 4.90 Å². The smallest absolute Gasteiger partial charge is 0.225 e. The van der Waals surface area contributed by atoms with Crippen LogP contribution in [-0.4, -0.2) is 41.7 Å². The number of nitrogens with two attached hydrogens (primary N) is 1. The minimum Gasteiger partial charge on any atom is -0.393 e. The molecule has 4 nitrogen and oxygen atoms in total. The fourth-order valence-corrected chi connectivity index (χ4v) is 3.37. The van der Waals surface area contributed by atoms with Crippen LogP contribution >= 0.6 is 0 Å². The van der Waals surface area contributed by atoms with Crippen molar-refractivity contribution in [2.24, 2.45) is 23.5 Å². The topological polar surface area (TPSA) is 66.6 Å². The number of likely N-dealkylation sites (tertiary alicyclic amines) is 1. The zero-order valence-corrected chi connectivity index (χ0v) is 11.3. The first kappa shape index (κ1) is 13.8. The molecule has 1 saturated carbocycles. The van der Waals surface area contributed by atoms with Crippen LogP contribution in [-0.2, 0) is 4.79 Å². The number of hydrogen-bond acceptors (Lipinski definition) is 3. The lowest BCUT2D eigenvalue weighted by atomic mass is 9.81.